The van der Waals surface area contributed by atoms with Gasteiger partial charge in [0.2, 0.25) is 5.69 Å². The molecule has 0 aliphatic heterocycles. The Bertz CT molecular complexity index is 1210. The van der Waals surface area contributed by atoms with E-state index in [9.17, 15) is 0 Å². The summed E-state index contributed by atoms with van der Waals surface area (Å²) in [5.74, 6) is 0. The number of aromatic nitrogens is 1. The van der Waals surface area contributed by atoms with Crippen LogP contribution in [0.2, 0.25) is 0 Å². The summed E-state index contributed by atoms with van der Waals surface area (Å²) in [5.41, 5.74) is 9.82. The third kappa shape index (κ3) is 3.22. The number of nitrogens with zero attached hydrogens (tertiary/aromatic N) is 1. The average molecular weight is 373 g/mol. The van der Waals surface area contributed by atoms with Crippen LogP contribution in [-0.4, -0.2) is 0 Å². The van der Waals surface area contributed by atoms with E-state index in [2.05, 4.69) is 95.8 Å². The molecule has 2 aromatic heterocycles. The van der Waals surface area contributed by atoms with Crippen molar-refractivity contribution in [2.45, 2.75) is 48.0 Å². The normalized spacial score (nSPS) is 12.2. The Morgan fingerprint density at radius 3 is 2.32 bits per heavy atom. The Labute approximate surface area is 167 Å². The van der Waals surface area contributed by atoms with Crippen molar-refractivity contribution in [2.24, 2.45) is 12.5 Å². The number of hydrogen-bond donors (Lipinski definition) is 0. The Morgan fingerprint density at radius 1 is 0.893 bits per heavy atom. The Balaban J connectivity index is 1.97. The van der Waals surface area contributed by atoms with E-state index in [0.717, 1.165) is 17.6 Å². The second kappa shape index (κ2) is 6.48. The maximum absolute atomic E-state index is 6.39. The summed E-state index contributed by atoms with van der Waals surface area (Å²) in [5, 5.41) is 2.37. The summed E-state index contributed by atoms with van der Waals surface area (Å²) in [4.78, 5) is 0. The predicted molar refractivity (Wildman–Crippen MR) is 118 cm³/mol. The number of rotatable bonds is 2. The van der Waals surface area contributed by atoms with Gasteiger partial charge in [0, 0.05) is 22.4 Å². The lowest BCUT2D eigenvalue weighted by Crippen LogP contribution is -2.32. The summed E-state index contributed by atoms with van der Waals surface area (Å²) < 4.78 is 8.65. The van der Waals surface area contributed by atoms with Crippen molar-refractivity contribution < 1.29 is 8.98 Å². The zero-order valence-corrected chi connectivity index (χ0v) is 18.1. The van der Waals surface area contributed by atoms with E-state index in [1.165, 1.54) is 44.3 Å². The molecule has 0 aliphatic rings. The molecule has 0 bridgehead atoms. The van der Waals surface area contributed by atoms with Crippen LogP contribution in [0.1, 0.15) is 43.0 Å². The molecule has 0 unspecified atom stereocenters. The third-order valence-electron chi connectivity index (χ3n) is 5.57. The van der Waals surface area contributed by atoms with Crippen LogP contribution in [0.5, 0.6) is 0 Å². The van der Waals surface area contributed by atoms with Gasteiger partial charge in [-0.25, -0.2) is 4.57 Å². The highest BCUT2D eigenvalue weighted by atomic mass is 16.3. The fourth-order valence-electron chi connectivity index (χ4n) is 4.17. The molecular formula is C26H30NO+. The summed E-state index contributed by atoms with van der Waals surface area (Å²) >= 11 is 0. The molecule has 2 heterocycles. The highest BCUT2D eigenvalue weighted by molar-refractivity contribution is 6.09. The van der Waals surface area contributed by atoms with Crippen molar-refractivity contribution in [3.05, 3.63) is 64.8 Å². The molecule has 144 valence electrons. The van der Waals surface area contributed by atoms with Crippen LogP contribution in [0.15, 0.2) is 47.0 Å². The van der Waals surface area contributed by atoms with Gasteiger partial charge >= 0.3 is 0 Å². The van der Waals surface area contributed by atoms with Gasteiger partial charge in [0.15, 0.2) is 6.20 Å². The highest BCUT2D eigenvalue weighted by Crippen LogP contribution is 2.37. The quantitative estimate of drug-likeness (QED) is 0.363. The van der Waals surface area contributed by atoms with Crippen molar-refractivity contribution in [3.8, 4) is 11.3 Å². The van der Waals surface area contributed by atoms with Crippen molar-refractivity contribution in [3.63, 3.8) is 0 Å². The van der Waals surface area contributed by atoms with Crippen LogP contribution in [0.4, 0.5) is 0 Å². The van der Waals surface area contributed by atoms with Gasteiger partial charge in [-0.15, -0.1) is 0 Å². The molecule has 0 aliphatic carbocycles. The average Bonchev–Trinajstić information content (AvgIpc) is 2.94. The van der Waals surface area contributed by atoms with Gasteiger partial charge < -0.3 is 4.42 Å². The molecule has 2 heteroatoms. The fraction of sp³-hybridized carbons (Fsp3) is 0.346. The second-order valence-electron chi connectivity index (χ2n) is 9.45. The standard InChI is InChI=1S/C26H30NO/c1-16-8-10-20-21-11-9-17(2)24(25(21)28-23(20)12-16)22-13-18(3)19(15-27(22)7)14-26(4,5)6/h8-13,15H,14H2,1-7H3/q+1. The third-order valence-corrected chi connectivity index (χ3v) is 5.57. The van der Waals surface area contributed by atoms with Crippen molar-refractivity contribution in [1.82, 2.24) is 0 Å². The number of benzene rings is 2. The molecule has 0 atom stereocenters. The van der Waals surface area contributed by atoms with Crippen molar-refractivity contribution >= 4 is 21.9 Å². The Hall–Kier alpha value is -2.61. The molecule has 0 spiro atoms. The van der Waals surface area contributed by atoms with Crippen LogP contribution in [-0.2, 0) is 13.5 Å². The summed E-state index contributed by atoms with van der Waals surface area (Å²) in [6.45, 7) is 13.4. The van der Waals surface area contributed by atoms with E-state index in [-0.39, 0.29) is 5.41 Å². The lowest BCUT2D eigenvalue weighted by Gasteiger charge is -2.19. The zero-order chi connectivity index (χ0) is 20.2. The molecule has 0 radical (unpaired) electrons. The number of furan rings is 1. The van der Waals surface area contributed by atoms with Gasteiger partial charge in [0.25, 0.3) is 0 Å². The van der Waals surface area contributed by atoms with Crippen LogP contribution >= 0.6 is 0 Å². The number of hydrogen-bond acceptors (Lipinski definition) is 1. The predicted octanol–water partition coefficient (Wildman–Crippen LogP) is 6.59. The van der Waals surface area contributed by atoms with Crippen molar-refractivity contribution in [1.29, 1.82) is 0 Å². The molecule has 0 saturated carbocycles. The lowest BCUT2D eigenvalue weighted by atomic mass is 9.86. The molecule has 28 heavy (non-hydrogen) atoms. The smallest absolute Gasteiger partial charge is 0.216 e. The minimum atomic E-state index is 0.270. The number of pyridine rings is 1. The maximum Gasteiger partial charge on any atom is 0.216 e. The first-order valence-corrected chi connectivity index (χ1v) is 10.1. The van der Waals surface area contributed by atoms with E-state index in [1.807, 2.05) is 0 Å². The lowest BCUT2D eigenvalue weighted by molar-refractivity contribution is -0.660. The van der Waals surface area contributed by atoms with Gasteiger partial charge in [0.05, 0.1) is 5.56 Å². The van der Waals surface area contributed by atoms with Crippen LogP contribution in [0.25, 0.3) is 33.2 Å². The first kappa shape index (κ1) is 18.7. The van der Waals surface area contributed by atoms with E-state index in [0.29, 0.717) is 0 Å². The minimum absolute atomic E-state index is 0.270. The second-order valence-corrected chi connectivity index (χ2v) is 9.45. The number of fused-ring (bicyclic) bond motifs is 3. The monoisotopic (exact) mass is 372 g/mol. The van der Waals surface area contributed by atoms with E-state index >= 15 is 0 Å². The molecule has 2 aromatic carbocycles. The summed E-state index contributed by atoms with van der Waals surface area (Å²) in [6.07, 6.45) is 3.36. The molecule has 4 aromatic rings. The fourth-order valence-corrected chi connectivity index (χ4v) is 4.17. The molecule has 2 nitrogen and oxygen atoms in total. The molecule has 4 rings (SSSR count). The highest BCUT2D eigenvalue weighted by Gasteiger charge is 2.23. The topological polar surface area (TPSA) is 17.0 Å². The first-order chi connectivity index (χ1) is 13.1. The molecular weight excluding hydrogens is 342 g/mol. The first-order valence-electron chi connectivity index (χ1n) is 10.1. The van der Waals surface area contributed by atoms with E-state index < -0.39 is 0 Å². The Kier molecular flexibility index (Phi) is 4.33. The minimum Gasteiger partial charge on any atom is -0.455 e. The molecule has 0 saturated heterocycles. The van der Waals surface area contributed by atoms with Gasteiger partial charge in [-0.3, -0.25) is 0 Å². The van der Waals surface area contributed by atoms with Gasteiger partial charge in [-0.05, 0) is 55.4 Å². The SMILES string of the molecule is Cc1ccc2c(c1)oc1c(-c3cc(C)c(CC(C)(C)C)c[n+]3C)c(C)ccc12. The summed E-state index contributed by atoms with van der Waals surface area (Å²) in [6, 6.07) is 13.2. The van der Waals surface area contributed by atoms with Crippen molar-refractivity contribution in [2.75, 3.05) is 0 Å². The zero-order valence-electron chi connectivity index (χ0n) is 18.1. The maximum atomic E-state index is 6.39. The molecule has 0 fully saturated rings. The van der Waals surface area contributed by atoms with E-state index in [1.54, 1.807) is 0 Å². The molecule has 0 N–H and O–H groups in total. The molecule has 0 amide bonds. The van der Waals surface area contributed by atoms with Crippen LogP contribution in [0.3, 0.4) is 0 Å². The van der Waals surface area contributed by atoms with Gasteiger partial charge in [-0.2, -0.15) is 0 Å². The summed E-state index contributed by atoms with van der Waals surface area (Å²) in [7, 11) is 2.14. The van der Waals surface area contributed by atoms with Gasteiger partial charge in [0.1, 0.15) is 18.2 Å². The van der Waals surface area contributed by atoms with Gasteiger partial charge in [-0.1, -0.05) is 45.0 Å². The number of aryl methyl sites for hydroxylation is 4. The largest absolute Gasteiger partial charge is 0.455 e. The van der Waals surface area contributed by atoms with E-state index in [4.69, 9.17) is 4.42 Å². The Morgan fingerprint density at radius 2 is 1.61 bits per heavy atom. The van der Waals surface area contributed by atoms with Crippen LogP contribution in [0, 0.1) is 26.2 Å². The van der Waals surface area contributed by atoms with Crippen LogP contribution < -0.4 is 4.57 Å².